The number of hydrogen-bond acceptors (Lipinski definition) is 16. The minimum Gasteiger partial charge on any atom is -0.453 e. The molecule has 11 fully saturated rings. The maximum atomic E-state index is 15.3. The van der Waals surface area contributed by atoms with Crippen molar-refractivity contribution in [1.29, 1.82) is 0 Å². The van der Waals surface area contributed by atoms with Gasteiger partial charge < -0.3 is 92.5 Å². The molecule has 6 saturated heterocycles. The number of carbonyl (C=O) groups is 8. The van der Waals surface area contributed by atoms with Crippen LogP contribution in [0.5, 0.6) is 0 Å². The number of likely N-dealkylation sites (tertiary alicyclic amines) is 4. The minimum atomic E-state index is -0.793. The standard InChI is InChI=1S/C57H98N12O9.C15H28N4O3/c58-33-41-5-7-44(8-6-41)38-63-53(72)69(31-29-68(30-32-69)56(75)78-50-48-3-1-2-4-49(48)50)57(40-77-55(74)67-27-17-46(18-28-67)37-62-52(71)65-23-13-43(35-60)14-24-65)19-9-47(10-20-57)39-76-54(73)66-25-15-45(16-26-66)36-61-51(70)64-21-11-42(34-59)12-22-64;1-22-15(21)19-8-6-18(7-9-19)14(20)17-11-13-4-2-12(10-16)3-5-13/h41-50H,1-40,58-60H2,(H2-,61,62,63,70,71,72);12-13H,2-11,16H2,1H3,(H,17,20)/p+1/t41-,44-,47-,48?,49?,50?,57-;12-,13-. The second kappa shape index (κ2) is 37.6. The van der Waals surface area contributed by atoms with E-state index in [1.165, 1.54) is 32.8 Å². The van der Waals surface area contributed by atoms with Gasteiger partial charge in [0.05, 0.1) is 26.8 Å². The van der Waals surface area contributed by atoms with Gasteiger partial charge in [0.1, 0.15) is 31.3 Å². The normalized spacial score (nSPS) is 29.4. The highest BCUT2D eigenvalue weighted by Crippen LogP contribution is 2.52. The van der Waals surface area contributed by atoms with E-state index in [0.717, 1.165) is 142 Å². The van der Waals surface area contributed by atoms with E-state index < -0.39 is 11.6 Å². The smallest absolute Gasteiger partial charge is 0.417 e. The van der Waals surface area contributed by atoms with E-state index in [0.29, 0.717) is 191 Å². The predicted molar refractivity (Wildman–Crippen MR) is 378 cm³/mol. The molecular weight excluding hydrogens is 1280 g/mol. The number of fused-ring (bicyclic) bond motifs is 1. The van der Waals surface area contributed by atoms with Crippen LogP contribution in [0.3, 0.4) is 0 Å². The molecule has 2 atom stereocenters. The Morgan fingerprint density at radius 3 is 1.14 bits per heavy atom. The highest BCUT2D eigenvalue weighted by molar-refractivity contribution is 5.76. The number of urea groups is 4. The Bertz CT molecular complexity index is 2600. The van der Waals surface area contributed by atoms with Crippen LogP contribution in [0.2, 0.25) is 0 Å². The number of carbonyl (C=O) groups excluding carboxylic acids is 8. The lowest BCUT2D eigenvalue weighted by Gasteiger charge is -2.55. The van der Waals surface area contributed by atoms with Crippen LogP contribution in [0.4, 0.5) is 38.4 Å². The molecule has 5 saturated carbocycles. The molecule has 0 aromatic rings. The fourth-order valence-electron chi connectivity index (χ4n) is 18.2. The Balaban J connectivity index is 0.000000417. The van der Waals surface area contributed by atoms with Crippen molar-refractivity contribution in [2.24, 2.45) is 88.0 Å². The third kappa shape index (κ3) is 20.5. The van der Waals surface area contributed by atoms with Crippen LogP contribution < -0.4 is 44.2 Å². The number of hydrogen-bond donors (Lipinski definition) is 8. The van der Waals surface area contributed by atoms with Gasteiger partial charge in [-0.2, -0.15) is 0 Å². The fraction of sp³-hybridized carbons (Fsp3) is 0.889. The molecule has 5 aliphatic carbocycles. The number of nitrogens with zero attached hydrogens (tertiary/aromatic N) is 8. The van der Waals surface area contributed by atoms with E-state index in [4.69, 9.17) is 37.1 Å². The molecule has 11 aliphatic rings. The van der Waals surface area contributed by atoms with Crippen molar-refractivity contribution >= 4 is 48.5 Å². The lowest BCUT2D eigenvalue weighted by Crippen LogP contribution is -2.77. The number of rotatable bonds is 18. The lowest BCUT2D eigenvalue weighted by atomic mass is 9.74. The summed E-state index contributed by atoms with van der Waals surface area (Å²) in [5.74, 6) is 4.59. The van der Waals surface area contributed by atoms with Crippen molar-refractivity contribution in [2.75, 3.05) is 177 Å². The highest BCUT2D eigenvalue weighted by atomic mass is 16.6. The summed E-state index contributed by atoms with van der Waals surface area (Å²) in [6, 6.07) is -0.159. The van der Waals surface area contributed by atoms with Crippen LogP contribution in [0.1, 0.15) is 154 Å². The average Bonchev–Trinajstić information content (AvgIpc) is 0.771. The summed E-state index contributed by atoms with van der Waals surface area (Å²) in [7, 11) is 1.38. The number of nitrogens with two attached hydrogens (primary N) is 4. The first kappa shape index (κ1) is 76.8. The Kier molecular flexibility index (Phi) is 28.8. The summed E-state index contributed by atoms with van der Waals surface area (Å²) in [5.41, 5.74) is 22.7. The van der Waals surface area contributed by atoms with Crippen LogP contribution in [0.15, 0.2) is 0 Å². The summed E-state index contributed by atoms with van der Waals surface area (Å²) in [5, 5.41) is 12.7. The van der Waals surface area contributed by atoms with Crippen molar-refractivity contribution in [2.45, 2.75) is 166 Å². The minimum absolute atomic E-state index is 0.0104. The van der Waals surface area contributed by atoms with Gasteiger partial charge in [0.15, 0.2) is 0 Å². The molecule has 28 heteroatoms. The Morgan fingerprint density at radius 2 is 0.710 bits per heavy atom. The number of quaternary nitrogens is 1. The number of nitrogens with one attached hydrogen (secondary N) is 4. The maximum absolute atomic E-state index is 15.3. The number of piperidine rings is 4. The number of amides is 12. The number of piperazine rings is 2. The predicted octanol–water partition coefficient (Wildman–Crippen LogP) is 6.15. The van der Waals surface area contributed by atoms with Crippen LogP contribution >= 0.6 is 0 Å². The van der Waals surface area contributed by atoms with Gasteiger partial charge in [-0.15, -0.1) is 0 Å². The first-order chi connectivity index (χ1) is 48.5. The van der Waals surface area contributed by atoms with Crippen LogP contribution in [0, 0.1) is 65.1 Å². The van der Waals surface area contributed by atoms with Crippen molar-refractivity contribution in [3.8, 4) is 0 Å². The molecule has 11 rings (SSSR count). The van der Waals surface area contributed by atoms with Crippen molar-refractivity contribution in [3.05, 3.63) is 0 Å². The molecule has 6 aliphatic heterocycles. The van der Waals surface area contributed by atoms with Gasteiger partial charge in [-0.25, -0.2) is 42.8 Å². The van der Waals surface area contributed by atoms with Gasteiger partial charge in [0.2, 0.25) is 0 Å². The highest BCUT2D eigenvalue weighted by Gasteiger charge is 2.61. The molecule has 0 aromatic carbocycles. The topological polar surface area (TPSA) is 348 Å². The monoisotopic (exact) mass is 1410 g/mol. The van der Waals surface area contributed by atoms with E-state index in [2.05, 4.69) is 26.0 Å². The zero-order valence-electron chi connectivity index (χ0n) is 60.6. The fourth-order valence-corrected chi connectivity index (χ4v) is 18.2. The molecule has 100 heavy (non-hydrogen) atoms. The molecule has 6 heterocycles. The third-order valence-electron chi connectivity index (χ3n) is 25.8. The van der Waals surface area contributed by atoms with Crippen molar-refractivity contribution in [1.82, 2.24) is 55.6 Å². The SMILES string of the molecule is COC(=O)N1CCN(C(=O)NC[C@H]2CC[C@H](CN)CC2)CC1.NCC1CCN(C(=O)NCC2CCN(C(=O)OC[C@H]3CC[C@](COC(=O)N4CCC(CNC(=O)N5CCC(CN)CC5)CC4)([N+]4(C(=O)NC[C@H]5CC[C@H](CN)CC5)CCN(C(=O)OC5C6CCCCC65)CC4)CC3)CC2)CC1. The molecule has 0 aromatic heterocycles. The van der Waals surface area contributed by atoms with Gasteiger partial charge in [-0.05, 0) is 208 Å². The first-order valence-corrected chi connectivity index (χ1v) is 39.2. The van der Waals surface area contributed by atoms with E-state index >= 15 is 4.79 Å². The van der Waals surface area contributed by atoms with Crippen LogP contribution in [-0.4, -0.2) is 276 Å². The lowest BCUT2D eigenvalue weighted by molar-refractivity contribution is -0.910. The summed E-state index contributed by atoms with van der Waals surface area (Å²) < 4.78 is 23.4. The summed E-state index contributed by atoms with van der Waals surface area (Å²) in [6.45, 7) is 14.2. The van der Waals surface area contributed by atoms with Gasteiger partial charge >= 0.3 is 48.5 Å². The van der Waals surface area contributed by atoms with Crippen LogP contribution in [-0.2, 0) is 18.9 Å². The van der Waals surface area contributed by atoms with E-state index in [1.54, 1.807) is 24.5 Å². The molecular formula is C72H127N16O12+. The van der Waals surface area contributed by atoms with Crippen molar-refractivity contribution in [3.63, 3.8) is 0 Å². The molecule has 12 amide bonds. The van der Waals surface area contributed by atoms with Gasteiger partial charge in [-0.3, -0.25) is 4.90 Å². The van der Waals surface area contributed by atoms with Crippen molar-refractivity contribution < 1.29 is 61.8 Å². The second-order valence-corrected chi connectivity index (χ2v) is 31.8. The number of ether oxygens (including phenoxy) is 4. The maximum Gasteiger partial charge on any atom is 0.417 e. The molecule has 12 N–H and O–H groups in total. The Hall–Kier alpha value is -5.84. The zero-order valence-corrected chi connectivity index (χ0v) is 60.6. The van der Waals surface area contributed by atoms with Gasteiger partial charge in [-0.1, -0.05) is 12.8 Å². The molecule has 2 unspecified atom stereocenters. The number of methoxy groups -OCH3 is 1. The molecule has 0 radical (unpaired) electrons. The second-order valence-electron chi connectivity index (χ2n) is 31.8. The third-order valence-corrected chi connectivity index (χ3v) is 25.8. The zero-order chi connectivity index (χ0) is 70.6. The van der Waals surface area contributed by atoms with E-state index in [1.807, 2.05) is 9.80 Å². The van der Waals surface area contributed by atoms with Crippen LogP contribution in [0.25, 0.3) is 0 Å². The van der Waals surface area contributed by atoms with E-state index in [-0.39, 0.29) is 84.0 Å². The first-order valence-electron chi connectivity index (χ1n) is 39.2. The van der Waals surface area contributed by atoms with Gasteiger partial charge in [0, 0.05) is 129 Å². The summed E-state index contributed by atoms with van der Waals surface area (Å²) in [6.07, 6.45) is 21.3. The van der Waals surface area contributed by atoms with E-state index in [9.17, 15) is 33.6 Å². The Morgan fingerprint density at radius 1 is 0.370 bits per heavy atom. The molecule has 0 spiro atoms. The molecule has 566 valence electrons. The molecule has 28 nitrogen and oxygen atoms in total. The average molecular weight is 1410 g/mol. The summed E-state index contributed by atoms with van der Waals surface area (Å²) >= 11 is 0. The molecule has 0 bridgehead atoms. The van der Waals surface area contributed by atoms with Gasteiger partial charge in [0.25, 0.3) is 0 Å². The largest absolute Gasteiger partial charge is 0.453 e. The Labute approximate surface area is 594 Å². The quantitative estimate of drug-likeness (QED) is 0.0563. The summed E-state index contributed by atoms with van der Waals surface area (Å²) in [4.78, 5) is 119.